The first kappa shape index (κ1) is 18.4. The molecule has 9 heteroatoms. The van der Waals surface area contributed by atoms with E-state index in [1.807, 2.05) is 24.7 Å². The molecule has 0 unspecified atom stereocenters. The Morgan fingerprint density at radius 2 is 2.07 bits per heavy atom. The van der Waals surface area contributed by atoms with E-state index in [0.29, 0.717) is 23.6 Å². The molecule has 0 radical (unpaired) electrons. The lowest BCUT2D eigenvalue weighted by molar-refractivity contribution is 0.624. The van der Waals surface area contributed by atoms with Crippen LogP contribution in [0.15, 0.2) is 48.0 Å². The number of halogens is 1. The van der Waals surface area contributed by atoms with Crippen molar-refractivity contribution in [3.8, 4) is 5.69 Å². The van der Waals surface area contributed by atoms with E-state index in [4.69, 9.17) is 0 Å². The van der Waals surface area contributed by atoms with Crippen molar-refractivity contribution in [1.82, 2.24) is 29.4 Å². The van der Waals surface area contributed by atoms with Crippen LogP contribution in [0.2, 0.25) is 0 Å². The quantitative estimate of drug-likeness (QED) is 0.498. The average molecular weight is 397 g/mol. The van der Waals surface area contributed by atoms with Crippen LogP contribution in [0.1, 0.15) is 30.9 Å². The second-order valence-electron chi connectivity index (χ2n) is 6.60. The van der Waals surface area contributed by atoms with Crippen LogP contribution in [0, 0.1) is 5.82 Å². The fourth-order valence-corrected chi connectivity index (χ4v) is 3.35. The molecule has 0 saturated carbocycles. The Hall–Kier alpha value is -2.94. The molecule has 3 aromatic heterocycles. The van der Waals surface area contributed by atoms with E-state index in [9.17, 15) is 4.39 Å². The lowest BCUT2D eigenvalue weighted by atomic mass is 10.1. The van der Waals surface area contributed by atoms with Gasteiger partial charge in [-0.1, -0.05) is 25.6 Å². The summed E-state index contributed by atoms with van der Waals surface area (Å²) in [6.07, 6.45) is 7.27. The number of rotatable bonds is 6. The highest BCUT2D eigenvalue weighted by Gasteiger charge is 2.15. The van der Waals surface area contributed by atoms with Gasteiger partial charge < -0.3 is 5.32 Å². The molecule has 0 atom stereocenters. The monoisotopic (exact) mass is 397 g/mol. The normalized spacial score (nSPS) is 11.5. The van der Waals surface area contributed by atoms with E-state index in [0.717, 1.165) is 22.5 Å². The standard InChI is InChI=1S/C19H20FN7S/c1-12(2)15-11-23-27-17(15)24-19(28-3)25-18(27)21-10-13-9-14(20)5-6-16(13)26-8-4-7-22-26/h4-9,11-12H,10H2,1-3H3,(H,21,24,25). The number of fused-ring (bicyclic) bond motifs is 1. The molecule has 144 valence electrons. The number of nitrogens with one attached hydrogen (secondary N) is 1. The van der Waals surface area contributed by atoms with Crippen molar-refractivity contribution in [2.75, 3.05) is 11.6 Å². The van der Waals surface area contributed by atoms with Gasteiger partial charge in [-0.15, -0.1) is 0 Å². The summed E-state index contributed by atoms with van der Waals surface area (Å²) < 4.78 is 17.3. The summed E-state index contributed by atoms with van der Waals surface area (Å²) in [5.41, 5.74) is 3.40. The lowest BCUT2D eigenvalue weighted by Crippen LogP contribution is -2.12. The van der Waals surface area contributed by atoms with Crippen molar-refractivity contribution in [2.24, 2.45) is 0 Å². The van der Waals surface area contributed by atoms with Gasteiger partial charge in [0.25, 0.3) is 0 Å². The summed E-state index contributed by atoms with van der Waals surface area (Å²) in [5, 5.41) is 12.6. The van der Waals surface area contributed by atoms with Crippen molar-refractivity contribution >= 4 is 23.4 Å². The summed E-state index contributed by atoms with van der Waals surface area (Å²) >= 11 is 1.47. The lowest BCUT2D eigenvalue weighted by Gasteiger charge is -2.13. The molecule has 4 aromatic rings. The average Bonchev–Trinajstić information content (AvgIpc) is 3.35. The third kappa shape index (κ3) is 3.45. The number of anilines is 1. The zero-order valence-corrected chi connectivity index (χ0v) is 16.6. The molecule has 4 rings (SSSR count). The maximum Gasteiger partial charge on any atom is 0.228 e. The minimum Gasteiger partial charge on any atom is -0.350 e. The highest BCUT2D eigenvalue weighted by atomic mass is 32.2. The molecule has 0 aliphatic rings. The Labute approximate surface area is 166 Å². The molecule has 3 heterocycles. The van der Waals surface area contributed by atoms with Gasteiger partial charge in [0.15, 0.2) is 10.8 Å². The van der Waals surface area contributed by atoms with Crippen molar-refractivity contribution < 1.29 is 4.39 Å². The number of nitrogens with zero attached hydrogens (tertiary/aromatic N) is 6. The predicted molar refractivity (Wildman–Crippen MR) is 108 cm³/mol. The number of thioether (sulfide) groups is 1. The van der Waals surface area contributed by atoms with Gasteiger partial charge in [0.1, 0.15) is 5.82 Å². The molecule has 28 heavy (non-hydrogen) atoms. The molecule has 1 N–H and O–H groups in total. The maximum absolute atomic E-state index is 13.9. The summed E-state index contributed by atoms with van der Waals surface area (Å²) in [7, 11) is 0. The van der Waals surface area contributed by atoms with E-state index in [-0.39, 0.29) is 5.82 Å². The Morgan fingerprint density at radius 1 is 1.21 bits per heavy atom. The smallest absolute Gasteiger partial charge is 0.228 e. The minimum absolute atomic E-state index is 0.296. The van der Waals surface area contributed by atoms with Gasteiger partial charge >= 0.3 is 0 Å². The molecule has 0 fully saturated rings. The summed E-state index contributed by atoms with van der Waals surface area (Å²) in [4.78, 5) is 9.15. The third-order valence-electron chi connectivity index (χ3n) is 4.41. The van der Waals surface area contributed by atoms with Gasteiger partial charge in [0, 0.05) is 24.5 Å². The Balaban J connectivity index is 1.71. The van der Waals surface area contributed by atoms with E-state index >= 15 is 0 Å². The number of hydrogen-bond acceptors (Lipinski definition) is 6. The maximum atomic E-state index is 13.9. The summed E-state index contributed by atoms with van der Waals surface area (Å²) in [5.74, 6) is 0.563. The van der Waals surface area contributed by atoms with Crippen LogP contribution in [0.25, 0.3) is 11.3 Å². The van der Waals surface area contributed by atoms with Gasteiger partial charge in [0.05, 0.1) is 11.9 Å². The second-order valence-corrected chi connectivity index (χ2v) is 7.37. The second kappa shape index (κ2) is 7.59. The molecular weight excluding hydrogens is 377 g/mol. The van der Waals surface area contributed by atoms with E-state index in [1.54, 1.807) is 21.5 Å². The molecule has 7 nitrogen and oxygen atoms in total. The van der Waals surface area contributed by atoms with E-state index < -0.39 is 0 Å². The third-order valence-corrected chi connectivity index (χ3v) is 4.96. The first-order chi connectivity index (χ1) is 13.6. The Morgan fingerprint density at radius 3 is 2.79 bits per heavy atom. The fourth-order valence-electron chi connectivity index (χ4n) is 2.99. The van der Waals surface area contributed by atoms with Crippen LogP contribution in [0.4, 0.5) is 10.3 Å². The zero-order chi connectivity index (χ0) is 19.7. The van der Waals surface area contributed by atoms with Crippen molar-refractivity contribution in [3.63, 3.8) is 0 Å². The van der Waals surface area contributed by atoms with E-state index in [2.05, 4.69) is 39.3 Å². The molecule has 0 aliphatic carbocycles. The van der Waals surface area contributed by atoms with Crippen LogP contribution >= 0.6 is 11.8 Å². The Kier molecular flexibility index (Phi) is 4.99. The molecule has 0 aliphatic heterocycles. The zero-order valence-electron chi connectivity index (χ0n) is 15.8. The molecule has 0 spiro atoms. The topological polar surface area (TPSA) is 72.9 Å². The van der Waals surface area contributed by atoms with Gasteiger partial charge in [-0.2, -0.15) is 19.7 Å². The van der Waals surface area contributed by atoms with Gasteiger partial charge in [0.2, 0.25) is 5.95 Å². The van der Waals surface area contributed by atoms with Crippen LogP contribution in [-0.4, -0.2) is 35.6 Å². The van der Waals surface area contributed by atoms with Gasteiger partial charge in [-0.25, -0.2) is 14.1 Å². The molecular formula is C19H20FN7S. The first-order valence-electron chi connectivity index (χ1n) is 8.89. The fraction of sp³-hybridized carbons (Fsp3) is 0.263. The van der Waals surface area contributed by atoms with E-state index in [1.165, 1.54) is 23.9 Å². The molecule has 1 aromatic carbocycles. The van der Waals surface area contributed by atoms with Crippen molar-refractivity contribution in [3.05, 3.63) is 59.8 Å². The summed E-state index contributed by atoms with van der Waals surface area (Å²) in [6, 6.07) is 6.47. The van der Waals surface area contributed by atoms with Gasteiger partial charge in [-0.3, -0.25) is 0 Å². The van der Waals surface area contributed by atoms with Crippen LogP contribution in [-0.2, 0) is 6.54 Å². The van der Waals surface area contributed by atoms with Crippen molar-refractivity contribution in [2.45, 2.75) is 31.5 Å². The molecule has 0 bridgehead atoms. The largest absolute Gasteiger partial charge is 0.350 e. The first-order valence-corrected chi connectivity index (χ1v) is 10.1. The number of aromatic nitrogens is 6. The highest BCUT2D eigenvalue weighted by Crippen LogP contribution is 2.24. The van der Waals surface area contributed by atoms with Crippen LogP contribution in [0.5, 0.6) is 0 Å². The number of hydrogen-bond donors (Lipinski definition) is 1. The predicted octanol–water partition coefficient (Wildman–Crippen LogP) is 3.91. The minimum atomic E-state index is -0.300. The van der Waals surface area contributed by atoms with Crippen LogP contribution in [0.3, 0.4) is 0 Å². The number of benzene rings is 1. The van der Waals surface area contributed by atoms with Crippen molar-refractivity contribution in [1.29, 1.82) is 0 Å². The molecule has 0 saturated heterocycles. The molecule has 0 amide bonds. The highest BCUT2D eigenvalue weighted by molar-refractivity contribution is 7.98. The van der Waals surface area contributed by atoms with Gasteiger partial charge in [-0.05, 0) is 42.0 Å². The Bertz CT molecular complexity index is 1110. The SMILES string of the molecule is CSc1nc(NCc2cc(F)ccc2-n2cccn2)n2ncc(C(C)C)c2n1. The summed E-state index contributed by atoms with van der Waals surface area (Å²) in [6.45, 7) is 4.58. The van der Waals surface area contributed by atoms with Crippen LogP contribution < -0.4 is 5.32 Å².